The lowest BCUT2D eigenvalue weighted by molar-refractivity contribution is -0.132. The Hall–Kier alpha value is -0.870. The predicted molar refractivity (Wildman–Crippen MR) is 37.9 cm³/mol. The first-order chi connectivity index (χ1) is 4.72. The second-order valence-electron chi connectivity index (χ2n) is 1.80. The van der Waals surface area contributed by atoms with Crippen molar-refractivity contribution >= 4 is 5.91 Å². The molecule has 3 N–H and O–H groups in total. The summed E-state index contributed by atoms with van der Waals surface area (Å²) in [5, 5.41) is 0. The molecule has 4 nitrogen and oxygen atoms in total. The van der Waals surface area contributed by atoms with E-state index >= 15 is 0 Å². The molecule has 0 aromatic heterocycles. The van der Waals surface area contributed by atoms with Crippen molar-refractivity contribution in [2.24, 2.45) is 5.73 Å². The van der Waals surface area contributed by atoms with Gasteiger partial charge in [-0.15, -0.1) is 6.58 Å². The minimum atomic E-state index is -0.558. The van der Waals surface area contributed by atoms with E-state index in [1.807, 2.05) is 0 Å². The van der Waals surface area contributed by atoms with Gasteiger partial charge in [-0.1, -0.05) is 6.08 Å². The highest BCUT2D eigenvalue weighted by atomic mass is 16.6. The second kappa shape index (κ2) is 4.96. The fourth-order valence-corrected chi connectivity index (χ4v) is 0.463. The summed E-state index contributed by atoms with van der Waals surface area (Å²) in [7, 11) is 1.36. The molecule has 4 heteroatoms. The van der Waals surface area contributed by atoms with Crippen molar-refractivity contribution < 1.29 is 9.63 Å². The average Bonchev–Trinajstić information content (AvgIpc) is 1.89. The Balaban J connectivity index is 3.58. The van der Waals surface area contributed by atoms with Crippen molar-refractivity contribution in [2.75, 3.05) is 7.11 Å². The van der Waals surface area contributed by atoms with Crippen LogP contribution < -0.4 is 11.2 Å². The lowest BCUT2D eigenvalue weighted by atomic mass is 10.2. The quantitative estimate of drug-likeness (QED) is 0.415. The van der Waals surface area contributed by atoms with E-state index in [0.717, 1.165) is 0 Å². The van der Waals surface area contributed by atoms with E-state index in [0.29, 0.717) is 6.42 Å². The maximum absolute atomic E-state index is 10.7. The zero-order valence-corrected chi connectivity index (χ0v) is 5.96. The first kappa shape index (κ1) is 9.13. The van der Waals surface area contributed by atoms with Gasteiger partial charge < -0.3 is 5.73 Å². The molecule has 58 valence electrons. The van der Waals surface area contributed by atoms with Gasteiger partial charge in [-0.2, -0.15) is 0 Å². The zero-order valence-electron chi connectivity index (χ0n) is 5.96. The number of hydrogen-bond donors (Lipinski definition) is 2. The molecule has 0 rings (SSSR count). The van der Waals surface area contributed by atoms with Crippen LogP contribution in [-0.4, -0.2) is 19.1 Å². The van der Waals surface area contributed by atoms with E-state index < -0.39 is 6.04 Å². The van der Waals surface area contributed by atoms with Crippen molar-refractivity contribution in [3.63, 3.8) is 0 Å². The summed E-state index contributed by atoms with van der Waals surface area (Å²) >= 11 is 0. The smallest absolute Gasteiger partial charge is 0.260 e. The number of rotatable bonds is 4. The molecule has 0 saturated carbocycles. The highest BCUT2D eigenvalue weighted by Gasteiger charge is 2.09. The topological polar surface area (TPSA) is 64.4 Å². The van der Waals surface area contributed by atoms with Crippen LogP contribution in [0, 0.1) is 0 Å². The predicted octanol–water partition coefficient (Wildman–Crippen LogP) is -0.433. The second-order valence-corrected chi connectivity index (χ2v) is 1.80. The molecule has 0 aliphatic rings. The number of carbonyl (C=O) groups excluding carboxylic acids is 1. The number of nitrogens with two attached hydrogens (primary N) is 1. The zero-order chi connectivity index (χ0) is 7.98. The van der Waals surface area contributed by atoms with Gasteiger partial charge in [0, 0.05) is 0 Å². The van der Waals surface area contributed by atoms with Crippen molar-refractivity contribution in [2.45, 2.75) is 12.5 Å². The van der Waals surface area contributed by atoms with Crippen LogP contribution in [0.2, 0.25) is 0 Å². The molecule has 1 atom stereocenters. The van der Waals surface area contributed by atoms with Crippen molar-refractivity contribution in [1.82, 2.24) is 5.48 Å². The molecule has 0 fully saturated rings. The summed E-state index contributed by atoms with van der Waals surface area (Å²) in [4.78, 5) is 15.1. The van der Waals surface area contributed by atoms with Gasteiger partial charge >= 0.3 is 0 Å². The van der Waals surface area contributed by atoms with Gasteiger partial charge in [0.15, 0.2) is 0 Å². The van der Waals surface area contributed by atoms with E-state index in [1.54, 1.807) is 6.08 Å². The molecule has 0 aromatic rings. The summed E-state index contributed by atoms with van der Waals surface area (Å²) in [6.07, 6.45) is 2.04. The standard InChI is InChI=1S/C6H12N2O2/c1-3-4-5(7)6(9)8-10-2/h3,5H,1,4,7H2,2H3,(H,8,9). The minimum absolute atomic E-state index is 0.331. The molecule has 1 unspecified atom stereocenters. The Morgan fingerprint density at radius 1 is 2.00 bits per heavy atom. The maximum atomic E-state index is 10.7. The van der Waals surface area contributed by atoms with E-state index in [9.17, 15) is 4.79 Å². The number of hydrogen-bond acceptors (Lipinski definition) is 3. The normalized spacial score (nSPS) is 12.2. The van der Waals surface area contributed by atoms with E-state index in [-0.39, 0.29) is 5.91 Å². The van der Waals surface area contributed by atoms with Crippen LogP contribution in [0.15, 0.2) is 12.7 Å². The van der Waals surface area contributed by atoms with Crippen molar-refractivity contribution in [3.05, 3.63) is 12.7 Å². The average molecular weight is 144 g/mol. The number of hydroxylamine groups is 1. The van der Waals surface area contributed by atoms with Gasteiger partial charge in [-0.25, -0.2) is 5.48 Å². The summed E-state index contributed by atoms with van der Waals surface area (Å²) in [5.74, 6) is -0.331. The number of carbonyl (C=O) groups is 1. The lowest BCUT2D eigenvalue weighted by Crippen LogP contribution is -2.39. The molecule has 0 spiro atoms. The monoisotopic (exact) mass is 144 g/mol. The highest BCUT2D eigenvalue weighted by molar-refractivity contribution is 5.80. The van der Waals surface area contributed by atoms with Gasteiger partial charge in [-0.05, 0) is 6.42 Å². The molecule has 0 saturated heterocycles. The third-order valence-electron chi connectivity index (χ3n) is 0.960. The van der Waals surface area contributed by atoms with Crippen LogP contribution in [0.5, 0.6) is 0 Å². The summed E-state index contributed by atoms with van der Waals surface area (Å²) in [6.45, 7) is 3.44. The highest BCUT2D eigenvalue weighted by Crippen LogP contribution is 1.87. The Morgan fingerprint density at radius 3 is 3.00 bits per heavy atom. The van der Waals surface area contributed by atoms with Gasteiger partial charge in [0.1, 0.15) is 0 Å². The van der Waals surface area contributed by atoms with E-state index in [2.05, 4.69) is 16.9 Å². The molecule has 0 radical (unpaired) electrons. The fraction of sp³-hybridized carbons (Fsp3) is 0.500. The summed E-state index contributed by atoms with van der Waals surface area (Å²) < 4.78 is 0. The van der Waals surface area contributed by atoms with Gasteiger partial charge in [-0.3, -0.25) is 9.63 Å². The van der Waals surface area contributed by atoms with Gasteiger partial charge in [0.25, 0.3) is 5.91 Å². The molecule has 0 bridgehead atoms. The summed E-state index contributed by atoms with van der Waals surface area (Å²) in [5.41, 5.74) is 7.47. The van der Waals surface area contributed by atoms with Crippen LogP contribution in [0.25, 0.3) is 0 Å². The largest absolute Gasteiger partial charge is 0.320 e. The van der Waals surface area contributed by atoms with Crippen molar-refractivity contribution in [3.8, 4) is 0 Å². The van der Waals surface area contributed by atoms with Gasteiger partial charge in [0.2, 0.25) is 0 Å². The van der Waals surface area contributed by atoms with Crippen LogP contribution in [0.1, 0.15) is 6.42 Å². The molecule has 0 aliphatic carbocycles. The minimum Gasteiger partial charge on any atom is -0.320 e. The molecule has 10 heavy (non-hydrogen) atoms. The summed E-state index contributed by atoms with van der Waals surface area (Å²) in [6, 6.07) is -0.558. The van der Waals surface area contributed by atoms with Crippen molar-refractivity contribution in [1.29, 1.82) is 0 Å². The van der Waals surface area contributed by atoms with E-state index in [1.165, 1.54) is 7.11 Å². The lowest BCUT2D eigenvalue weighted by Gasteiger charge is -2.06. The Labute approximate surface area is 60.0 Å². The molecule has 0 aromatic carbocycles. The third kappa shape index (κ3) is 3.21. The Bertz CT molecular complexity index is 125. The molecular weight excluding hydrogens is 132 g/mol. The Morgan fingerprint density at radius 2 is 2.60 bits per heavy atom. The molecule has 0 aliphatic heterocycles. The first-order valence-electron chi connectivity index (χ1n) is 2.91. The molecular formula is C6H12N2O2. The fourth-order valence-electron chi connectivity index (χ4n) is 0.463. The number of amides is 1. The number of nitrogens with one attached hydrogen (secondary N) is 1. The Kier molecular flexibility index (Phi) is 4.53. The van der Waals surface area contributed by atoms with Crippen LogP contribution in [-0.2, 0) is 9.63 Å². The van der Waals surface area contributed by atoms with E-state index in [4.69, 9.17) is 5.73 Å². The van der Waals surface area contributed by atoms with Crippen LogP contribution >= 0.6 is 0 Å². The molecule has 1 amide bonds. The third-order valence-corrected chi connectivity index (χ3v) is 0.960. The van der Waals surface area contributed by atoms with Gasteiger partial charge in [0.05, 0.1) is 13.2 Å². The SMILES string of the molecule is C=CCC(N)C(=O)NOC. The first-order valence-corrected chi connectivity index (χ1v) is 2.91. The van der Waals surface area contributed by atoms with Crippen LogP contribution in [0.4, 0.5) is 0 Å². The molecule has 0 heterocycles. The maximum Gasteiger partial charge on any atom is 0.260 e. The van der Waals surface area contributed by atoms with Crippen LogP contribution in [0.3, 0.4) is 0 Å².